The van der Waals surface area contributed by atoms with Gasteiger partial charge in [0.15, 0.2) is 5.78 Å². The van der Waals surface area contributed by atoms with Crippen molar-refractivity contribution in [3.8, 4) is 0 Å². The molecule has 0 saturated heterocycles. The molecule has 0 aromatic carbocycles. The summed E-state index contributed by atoms with van der Waals surface area (Å²) in [6.07, 6.45) is 2.98. The summed E-state index contributed by atoms with van der Waals surface area (Å²) in [6, 6.07) is 3.65. The van der Waals surface area contributed by atoms with E-state index < -0.39 is 5.41 Å². The molecule has 0 aliphatic rings. The largest absolute Gasteiger partial charge is 0.506 e. The quantitative estimate of drug-likeness (QED) is 0.654. The summed E-state index contributed by atoms with van der Waals surface area (Å²) in [4.78, 5) is 15.9. The van der Waals surface area contributed by atoms with Crippen LogP contribution in [0.4, 0.5) is 0 Å². The van der Waals surface area contributed by atoms with Crippen molar-refractivity contribution in [2.24, 2.45) is 5.41 Å². The summed E-state index contributed by atoms with van der Waals surface area (Å²) in [5, 5.41) is 9.86. The van der Waals surface area contributed by atoms with Crippen molar-refractivity contribution >= 4 is 11.5 Å². The van der Waals surface area contributed by atoms with Gasteiger partial charge in [0.2, 0.25) is 0 Å². The number of allylic oxidation sites excluding steroid dienone is 1. The summed E-state index contributed by atoms with van der Waals surface area (Å²) < 4.78 is 0. The second-order valence-corrected chi connectivity index (χ2v) is 5.78. The Bertz CT molecular complexity index is 450. The number of aromatic nitrogens is 1. The van der Waals surface area contributed by atoms with Crippen molar-refractivity contribution in [3.05, 3.63) is 35.7 Å². The van der Waals surface area contributed by atoms with Crippen LogP contribution in [0.25, 0.3) is 5.76 Å². The maximum Gasteiger partial charge on any atom is 0.164 e. The molecule has 1 rings (SSSR count). The Labute approximate surface area is 109 Å². The van der Waals surface area contributed by atoms with Crippen LogP contribution in [0.1, 0.15) is 51.8 Å². The number of ketones is 1. The highest BCUT2D eigenvalue weighted by Gasteiger charge is 2.20. The molecule has 1 aromatic rings. The second kappa shape index (κ2) is 5.34. The number of hydrogen-bond donors (Lipinski definition) is 1. The summed E-state index contributed by atoms with van der Waals surface area (Å²) in [5.41, 5.74) is 1.04. The van der Waals surface area contributed by atoms with E-state index in [1.54, 1.807) is 12.3 Å². The number of aliphatic hydroxyl groups is 1. The molecule has 0 unspecified atom stereocenters. The smallest absolute Gasteiger partial charge is 0.164 e. The minimum atomic E-state index is -0.494. The minimum absolute atomic E-state index is 0.0785. The summed E-state index contributed by atoms with van der Waals surface area (Å²) in [6.45, 7) is 9.60. The summed E-state index contributed by atoms with van der Waals surface area (Å²) in [5.74, 6) is 0.203. The van der Waals surface area contributed by atoms with Crippen molar-refractivity contribution < 1.29 is 9.90 Å². The van der Waals surface area contributed by atoms with Crippen LogP contribution in [0.3, 0.4) is 0 Å². The molecular weight excluding hydrogens is 226 g/mol. The average Bonchev–Trinajstić information content (AvgIpc) is 2.27. The molecule has 3 nitrogen and oxygen atoms in total. The lowest BCUT2D eigenvalue weighted by molar-refractivity contribution is -0.121. The van der Waals surface area contributed by atoms with E-state index in [0.717, 1.165) is 5.56 Å². The van der Waals surface area contributed by atoms with Crippen molar-refractivity contribution in [3.63, 3.8) is 0 Å². The predicted octanol–water partition coefficient (Wildman–Crippen LogP) is 3.72. The first-order valence-electron chi connectivity index (χ1n) is 6.13. The van der Waals surface area contributed by atoms with E-state index in [4.69, 9.17) is 0 Å². The fourth-order valence-corrected chi connectivity index (χ4v) is 1.31. The van der Waals surface area contributed by atoms with Crippen LogP contribution in [0.2, 0.25) is 0 Å². The third kappa shape index (κ3) is 3.69. The lowest BCUT2D eigenvalue weighted by Crippen LogP contribution is -2.17. The Balaban J connectivity index is 2.94. The monoisotopic (exact) mass is 247 g/mol. The van der Waals surface area contributed by atoms with Crippen LogP contribution in [0, 0.1) is 5.41 Å². The lowest BCUT2D eigenvalue weighted by Gasteiger charge is -2.13. The molecule has 0 amide bonds. The van der Waals surface area contributed by atoms with Gasteiger partial charge < -0.3 is 5.11 Å². The van der Waals surface area contributed by atoms with Gasteiger partial charge >= 0.3 is 0 Å². The van der Waals surface area contributed by atoms with Gasteiger partial charge in [-0.15, -0.1) is 0 Å². The predicted molar refractivity (Wildman–Crippen MR) is 73.4 cm³/mol. The molecule has 18 heavy (non-hydrogen) atoms. The molecular formula is C15H21NO2. The summed E-state index contributed by atoms with van der Waals surface area (Å²) >= 11 is 0. The Morgan fingerprint density at radius 2 is 1.94 bits per heavy atom. The average molecular weight is 247 g/mol. The number of nitrogens with zero attached hydrogens (tertiary/aromatic N) is 1. The molecule has 1 heterocycles. The SMILES string of the molecule is CC(C)c1ccc(C(O)=CC(=O)C(C)(C)C)nc1. The molecule has 0 spiro atoms. The van der Waals surface area contributed by atoms with Gasteiger partial charge in [0.05, 0.1) is 0 Å². The molecule has 0 radical (unpaired) electrons. The van der Waals surface area contributed by atoms with Gasteiger partial charge in [-0.3, -0.25) is 9.78 Å². The lowest BCUT2D eigenvalue weighted by atomic mass is 9.90. The molecule has 0 fully saturated rings. The molecule has 0 aliphatic carbocycles. The third-order valence-corrected chi connectivity index (χ3v) is 2.72. The van der Waals surface area contributed by atoms with Gasteiger partial charge in [-0.05, 0) is 17.5 Å². The Morgan fingerprint density at radius 1 is 1.33 bits per heavy atom. The van der Waals surface area contributed by atoms with Crippen molar-refractivity contribution in [2.75, 3.05) is 0 Å². The van der Waals surface area contributed by atoms with Gasteiger partial charge in [-0.25, -0.2) is 0 Å². The molecule has 98 valence electrons. The van der Waals surface area contributed by atoms with E-state index in [0.29, 0.717) is 11.6 Å². The zero-order valence-corrected chi connectivity index (χ0v) is 11.7. The van der Waals surface area contributed by atoms with Crippen LogP contribution in [0.15, 0.2) is 24.4 Å². The van der Waals surface area contributed by atoms with Gasteiger partial charge in [-0.2, -0.15) is 0 Å². The fraction of sp³-hybridized carbons (Fsp3) is 0.467. The highest BCUT2D eigenvalue weighted by atomic mass is 16.3. The number of carbonyl (C=O) groups excluding carboxylic acids is 1. The topological polar surface area (TPSA) is 50.2 Å². The van der Waals surface area contributed by atoms with Crippen molar-refractivity contribution in [2.45, 2.75) is 40.5 Å². The normalized spacial score (nSPS) is 12.9. The van der Waals surface area contributed by atoms with E-state index in [9.17, 15) is 9.90 Å². The first-order chi connectivity index (χ1) is 8.21. The number of pyridine rings is 1. The van der Waals surface area contributed by atoms with Gasteiger partial charge in [-0.1, -0.05) is 40.7 Å². The molecule has 0 atom stereocenters. The summed E-state index contributed by atoms with van der Waals surface area (Å²) in [7, 11) is 0. The highest BCUT2D eigenvalue weighted by molar-refractivity contribution is 5.98. The molecule has 3 heteroatoms. The van der Waals surface area contributed by atoms with Crippen LogP contribution < -0.4 is 0 Å². The van der Waals surface area contributed by atoms with Crippen LogP contribution in [-0.2, 0) is 4.79 Å². The Morgan fingerprint density at radius 3 is 2.33 bits per heavy atom. The van der Waals surface area contributed by atoms with Gasteiger partial charge in [0, 0.05) is 17.7 Å². The fourth-order valence-electron chi connectivity index (χ4n) is 1.31. The third-order valence-electron chi connectivity index (χ3n) is 2.72. The van der Waals surface area contributed by atoms with Crippen molar-refractivity contribution in [1.82, 2.24) is 4.98 Å². The Kier molecular flexibility index (Phi) is 4.28. The van der Waals surface area contributed by atoms with Crippen molar-refractivity contribution in [1.29, 1.82) is 0 Å². The second-order valence-electron chi connectivity index (χ2n) is 5.78. The molecule has 1 N–H and O–H groups in total. The number of carbonyl (C=O) groups is 1. The van der Waals surface area contributed by atoms with Crippen LogP contribution in [0.5, 0.6) is 0 Å². The minimum Gasteiger partial charge on any atom is -0.506 e. The number of aliphatic hydroxyl groups excluding tert-OH is 1. The standard InChI is InChI=1S/C15H21NO2/c1-10(2)11-6-7-12(16-9-11)13(17)8-14(18)15(3,4)5/h6-10,17H,1-5H3. The molecule has 0 bridgehead atoms. The van der Waals surface area contributed by atoms with E-state index in [1.165, 1.54) is 6.08 Å². The van der Waals surface area contributed by atoms with Gasteiger partial charge in [0.25, 0.3) is 0 Å². The van der Waals surface area contributed by atoms with Crippen LogP contribution >= 0.6 is 0 Å². The zero-order valence-electron chi connectivity index (χ0n) is 11.7. The highest BCUT2D eigenvalue weighted by Crippen LogP contribution is 2.19. The number of hydrogen-bond acceptors (Lipinski definition) is 3. The number of rotatable bonds is 3. The van der Waals surface area contributed by atoms with Crippen LogP contribution in [-0.4, -0.2) is 15.9 Å². The first-order valence-corrected chi connectivity index (χ1v) is 6.13. The van der Waals surface area contributed by atoms with E-state index in [2.05, 4.69) is 18.8 Å². The maximum atomic E-state index is 11.8. The van der Waals surface area contributed by atoms with E-state index in [1.807, 2.05) is 26.8 Å². The zero-order chi connectivity index (χ0) is 13.9. The molecule has 0 saturated carbocycles. The molecule has 1 aromatic heterocycles. The molecule has 0 aliphatic heterocycles. The van der Waals surface area contributed by atoms with E-state index >= 15 is 0 Å². The first kappa shape index (κ1) is 14.4. The maximum absolute atomic E-state index is 11.8. The van der Waals surface area contributed by atoms with Gasteiger partial charge in [0.1, 0.15) is 11.5 Å². The Hall–Kier alpha value is -1.64. The van der Waals surface area contributed by atoms with E-state index in [-0.39, 0.29) is 11.5 Å².